The number of aliphatic hydroxyl groups excluding tert-OH is 1. The van der Waals surface area contributed by atoms with Gasteiger partial charge in [0.15, 0.2) is 6.10 Å². The van der Waals surface area contributed by atoms with Crippen molar-refractivity contribution in [1.82, 2.24) is 25.8 Å². The SMILES string of the molecule is CC(C)(C)[C@H](NC(=O)C(F)(F)F)C(=O)N1C[C@H]2[C@@H]([C@H]1C(=O)N[C@@H](C[C@@H]1CCCNC1=O)C(O)C(=O)N1CC(F)(F)C1)C2(C)C. The Hall–Kier alpha value is -3.04. The lowest BCUT2D eigenvalue weighted by Crippen LogP contribution is -2.64. The van der Waals surface area contributed by atoms with Gasteiger partial charge in [0.05, 0.1) is 19.1 Å². The Kier molecular flexibility index (Phi) is 8.76. The summed E-state index contributed by atoms with van der Waals surface area (Å²) in [5.41, 5.74) is -1.61. The molecule has 0 aromatic heterocycles. The summed E-state index contributed by atoms with van der Waals surface area (Å²) in [6, 6.07) is -4.26. The Labute approximate surface area is 251 Å². The van der Waals surface area contributed by atoms with Crippen molar-refractivity contribution in [3.63, 3.8) is 0 Å². The van der Waals surface area contributed by atoms with Crippen LogP contribution in [0.5, 0.6) is 0 Å². The first-order chi connectivity index (χ1) is 20.1. The average molecular weight is 638 g/mol. The van der Waals surface area contributed by atoms with E-state index in [1.54, 1.807) is 5.32 Å². The van der Waals surface area contributed by atoms with Crippen LogP contribution in [0, 0.1) is 28.6 Å². The molecule has 7 atom stereocenters. The van der Waals surface area contributed by atoms with Crippen LogP contribution in [0.4, 0.5) is 22.0 Å². The zero-order valence-electron chi connectivity index (χ0n) is 25.3. The quantitative estimate of drug-likeness (QED) is 0.290. The van der Waals surface area contributed by atoms with Crippen LogP contribution in [0.25, 0.3) is 0 Å². The van der Waals surface area contributed by atoms with Gasteiger partial charge in [-0.2, -0.15) is 13.2 Å². The molecule has 0 radical (unpaired) electrons. The number of aliphatic hydroxyl groups is 1. The Morgan fingerprint density at radius 2 is 1.68 bits per heavy atom. The maximum absolute atomic E-state index is 13.9. The summed E-state index contributed by atoms with van der Waals surface area (Å²) in [5, 5.41) is 18.0. The Morgan fingerprint density at radius 1 is 1.07 bits per heavy atom. The van der Waals surface area contributed by atoms with E-state index < -0.39 is 95.7 Å². The lowest BCUT2D eigenvalue weighted by Gasteiger charge is -2.41. The van der Waals surface area contributed by atoms with Gasteiger partial charge in [-0.25, -0.2) is 8.78 Å². The number of carbonyl (C=O) groups is 5. The normalized spacial score (nSPS) is 29.4. The van der Waals surface area contributed by atoms with Gasteiger partial charge >= 0.3 is 12.1 Å². The molecule has 11 nitrogen and oxygen atoms in total. The summed E-state index contributed by atoms with van der Waals surface area (Å²) in [6.07, 6.45) is -6.44. The Balaban J connectivity index is 1.59. The molecule has 4 N–H and O–H groups in total. The van der Waals surface area contributed by atoms with Crippen LogP contribution in [0.2, 0.25) is 0 Å². The van der Waals surface area contributed by atoms with E-state index in [1.807, 2.05) is 13.8 Å². The zero-order chi connectivity index (χ0) is 33.2. The van der Waals surface area contributed by atoms with Crippen molar-refractivity contribution in [2.75, 3.05) is 26.2 Å². The topological polar surface area (TPSA) is 148 Å². The first-order valence-electron chi connectivity index (χ1n) is 14.7. The summed E-state index contributed by atoms with van der Waals surface area (Å²) in [4.78, 5) is 66.8. The second-order valence-corrected chi connectivity index (χ2v) is 14.1. The first-order valence-corrected chi connectivity index (χ1v) is 14.7. The molecule has 4 fully saturated rings. The fraction of sp³-hybridized carbons (Fsp3) is 0.821. The molecule has 3 aliphatic heterocycles. The summed E-state index contributed by atoms with van der Waals surface area (Å²) in [5.74, 6) is -9.87. The highest BCUT2D eigenvalue weighted by molar-refractivity contribution is 5.95. The number of amides is 5. The number of fused-ring (bicyclic) bond motifs is 1. The van der Waals surface area contributed by atoms with Gasteiger partial charge in [0.25, 0.3) is 11.8 Å². The molecular weight excluding hydrogens is 597 g/mol. The zero-order valence-corrected chi connectivity index (χ0v) is 25.3. The van der Waals surface area contributed by atoms with Crippen LogP contribution in [0.1, 0.15) is 53.9 Å². The molecule has 0 aromatic carbocycles. The third kappa shape index (κ3) is 6.64. The van der Waals surface area contributed by atoms with Crippen LogP contribution >= 0.6 is 0 Å². The molecule has 0 spiro atoms. The lowest BCUT2D eigenvalue weighted by molar-refractivity contribution is -0.176. The summed E-state index contributed by atoms with van der Waals surface area (Å²) < 4.78 is 66.3. The molecule has 1 aliphatic carbocycles. The van der Waals surface area contributed by atoms with E-state index in [1.165, 1.54) is 20.8 Å². The van der Waals surface area contributed by atoms with Crippen LogP contribution < -0.4 is 16.0 Å². The van der Waals surface area contributed by atoms with Crippen LogP contribution in [0.3, 0.4) is 0 Å². The summed E-state index contributed by atoms with van der Waals surface area (Å²) in [6.45, 7) is 6.75. The number of carbonyl (C=O) groups excluding carboxylic acids is 5. The predicted molar refractivity (Wildman–Crippen MR) is 144 cm³/mol. The van der Waals surface area contributed by atoms with Gasteiger partial charge in [0.2, 0.25) is 17.7 Å². The van der Waals surface area contributed by atoms with Crippen LogP contribution in [-0.4, -0.2) is 107 Å². The fourth-order valence-electron chi connectivity index (χ4n) is 6.77. The Bertz CT molecular complexity index is 1200. The molecule has 1 saturated carbocycles. The van der Waals surface area contributed by atoms with Gasteiger partial charge in [0.1, 0.15) is 12.1 Å². The van der Waals surface area contributed by atoms with Crippen molar-refractivity contribution in [3.8, 4) is 0 Å². The highest BCUT2D eigenvalue weighted by atomic mass is 19.4. The number of rotatable bonds is 8. The van der Waals surface area contributed by atoms with Gasteiger partial charge < -0.3 is 30.9 Å². The van der Waals surface area contributed by atoms with Crippen molar-refractivity contribution in [3.05, 3.63) is 0 Å². The number of nitrogens with zero attached hydrogens (tertiary/aromatic N) is 2. The van der Waals surface area contributed by atoms with Crippen molar-refractivity contribution >= 4 is 29.5 Å². The highest BCUT2D eigenvalue weighted by Gasteiger charge is 2.70. The highest BCUT2D eigenvalue weighted by Crippen LogP contribution is 2.65. The fourth-order valence-corrected chi connectivity index (χ4v) is 6.77. The number of hydrogen-bond acceptors (Lipinski definition) is 6. The molecule has 1 unspecified atom stereocenters. The number of likely N-dealkylation sites (tertiary alicyclic amines) is 2. The molecule has 4 aliphatic rings. The van der Waals surface area contributed by atoms with E-state index in [4.69, 9.17) is 0 Å². The van der Waals surface area contributed by atoms with Crippen LogP contribution in [-0.2, 0) is 24.0 Å². The molecule has 16 heteroatoms. The van der Waals surface area contributed by atoms with Gasteiger partial charge in [-0.05, 0) is 41.9 Å². The van der Waals surface area contributed by atoms with Crippen molar-refractivity contribution in [2.45, 2.75) is 90.2 Å². The number of nitrogens with one attached hydrogen (secondary N) is 3. The molecule has 3 heterocycles. The third-order valence-corrected chi connectivity index (χ3v) is 9.46. The van der Waals surface area contributed by atoms with Gasteiger partial charge in [-0.15, -0.1) is 0 Å². The summed E-state index contributed by atoms with van der Waals surface area (Å²) >= 11 is 0. The molecule has 4 rings (SSSR count). The minimum atomic E-state index is -5.25. The number of alkyl halides is 5. The molecule has 5 amide bonds. The van der Waals surface area contributed by atoms with E-state index >= 15 is 0 Å². The molecule has 44 heavy (non-hydrogen) atoms. The second-order valence-electron chi connectivity index (χ2n) is 14.1. The summed E-state index contributed by atoms with van der Waals surface area (Å²) in [7, 11) is 0. The smallest absolute Gasteiger partial charge is 0.381 e. The number of halogens is 5. The molecule has 248 valence electrons. The minimum Gasteiger partial charge on any atom is -0.381 e. The average Bonchev–Trinajstić information content (AvgIpc) is 3.20. The minimum absolute atomic E-state index is 0.0170. The van der Waals surface area contributed by atoms with Crippen LogP contribution in [0.15, 0.2) is 0 Å². The van der Waals surface area contributed by atoms with E-state index in [9.17, 15) is 51.0 Å². The third-order valence-electron chi connectivity index (χ3n) is 9.46. The van der Waals surface area contributed by atoms with Gasteiger partial charge in [-0.3, -0.25) is 24.0 Å². The maximum atomic E-state index is 13.9. The standard InChI is InChI=1S/C28H40F5N5O6/c1-25(2,3)19(36-24(44)28(31,32)33)23(43)38-10-14-16(26(14,4)5)17(38)21(41)35-15(9-13-7-6-8-34-20(13)40)18(39)22(42)37-11-27(29,30)12-37/h13-19,39H,6-12H2,1-5H3,(H,34,40)(H,35,41)(H,36,44)/t13-,14-,15-,16-,17-,18?,19+/m0/s1. The number of piperidine rings is 2. The Morgan fingerprint density at radius 3 is 2.20 bits per heavy atom. The van der Waals surface area contributed by atoms with E-state index in [0.717, 1.165) is 9.80 Å². The second kappa shape index (κ2) is 11.4. The molecule has 3 saturated heterocycles. The van der Waals surface area contributed by atoms with Crippen molar-refractivity contribution < 1.29 is 51.0 Å². The number of hydrogen-bond donors (Lipinski definition) is 4. The van der Waals surface area contributed by atoms with E-state index in [0.29, 0.717) is 19.4 Å². The molecule has 0 bridgehead atoms. The monoisotopic (exact) mass is 637 g/mol. The van der Waals surface area contributed by atoms with E-state index in [-0.39, 0.29) is 24.8 Å². The molecule has 0 aromatic rings. The maximum Gasteiger partial charge on any atom is 0.471 e. The van der Waals surface area contributed by atoms with Crippen molar-refractivity contribution in [2.24, 2.45) is 28.6 Å². The largest absolute Gasteiger partial charge is 0.471 e. The lowest BCUT2D eigenvalue weighted by atomic mass is 9.85. The van der Waals surface area contributed by atoms with Crippen molar-refractivity contribution in [1.29, 1.82) is 0 Å². The van der Waals surface area contributed by atoms with Gasteiger partial charge in [0, 0.05) is 19.0 Å². The predicted octanol–water partition coefficient (Wildman–Crippen LogP) is 0.802. The van der Waals surface area contributed by atoms with E-state index in [2.05, 4.69) is 10.6 Å². The molecular formula is C28H40F5N5O6. The van der Waals surface area contributed by atoms with Gasteiger partial charge in [-0.1, -0.05) is 34.6 Å². The first kappa shape index (κ1) is 33.8.